The Balaban J connectivity index is 1.59. The number of para-hydroxylation sites is 2. The van der Waals surface area contributed by atoms with Crippen LogP contribution in [-0.2, 0) is 10.0 Å². The topological polar surface area (TPSA) is 87.7 Å². The molecule has 36 heavy (non-hydrogen) atoms. The first-order chi connectivity index (χ1) is 17.3. The van der Waals surface area contributed by atoms with Gasteiger partial charge in [0.05, 0.1) is 22.8 Å². The van der Waals surface area contributed by atoms with E-state index in [-0.39, 0.29) is 15.9 Å². The highest BCUT2D eigenvalue weighted by Gasteiger charge is 2.21. The summed E-state index contributed by atoms with van der Waals surface area (Å²) in [5.41, 5.74) is 1.50. The second-order valence-electron chi connectivity index (χ2n) is 8.15. The quantitative estimate of drug-likeness (QED) is 0.250. The van der Waals surface area contributed by atoms with E-state index in [1.807, 2.05) is 12.1 Å². The number of carbonyl (C=O) groups is 1. The van der Waals surface area contributed by atoms with Gasteiger partial charge in [-0.15, -0.1) is 0 Å². The normalized spacial score (nSPS) is 10.9. The van der Waals surface area contributed by atoms with E-state index in [0.717, 1.165) is 25.7 Å². The van der Waals surface area contributed by atoms with Crippen LogP contribution in [0.4, 0.5) is 11.4 Å². The van der Waals surface area contributed by atoms with Crippen LogP contribution in [-0.4, -0.2) is 33.1 Å². The van der Waals surface area contributed by atoms with Crippen molar-refractivity contribution in [3.05, 3.63) is 84.4 Å². The van der Waals surface area contributed by atoms with E-state index in [1.165, 1.54) is 23.5 Å². The average molecular weight is 526 g/mol. The highest BCUT2D eigenvalue weighted by atomic mass is 32.2. The smallest absolute Gasteiger partial charge is 0.264 e. The number of ether oxygens (including phenoxy) is 1. The number of benzene rings is 3. The molecule has 0 unspecified atom stereocenters. The van der Waals surface area contributed by atoms with Gasteiger partial charge in [-0.05, 0) is 67.2 Å². The summed E-state index contributed by atoms with van der Waals surface area (Å²) in [6.07, 6.45) is 4.31. The lowest BCUT2D eigenvalue weighted by molar-refractivity contribution is 0.0973. The molecule has 0 aliphatic heterocycles. The molecule has 3 aromatic rings. The number of carbonyl (C=O) groups excluding carboxylic acids is 1. The Morgan fingerprint density at radius 1 is 0.917 bits per heavy atom. The fourth-order valence-electron chi connectivity index (χ4n) is 3.47. The zero-order valence-electron chi connectivity index (χ0n) is 20.4. The molecule has 0 spiro atoms. The number of hydrogen-bond acceptors (Lipinski definition) is 5. The van der Waals surface area contributed by atoms with E-state index in [0.29, 0.717) is 29.3 Å². The maximum atomic E-state index is 12.9. The molecule has 0 bridgehead atoms. The molecular formula is C27H31N3O4S2. The lowest BCUT2D eigenvalue weighted by Crippen LogP contribution is -2.34. The summed E-state index contributed by atoms with van der Waals surface area (Å²) >= 11 is 5.29. The molecule has 0 atom stereocenters. The predicted molar refractivity (Wildman–Crippen MR) is 148 cm³/mol. The summed E-state index contributed by atoms with van der Waals surface area (Å²) in [7, 11) is -2.21. The van der Waals surface area contributed by atoms with Gasteiger partial charge in [-0.3, -0.25) is 14.4 Å². The lowest BCUT2D eigenvalue weighted by Gasteiger charge is -2.19. The molecule has 0 aliphatic rings. The van der Waals surface area contributed by atoms with Crippen molar-refractivity contribution >= 4 is 44.6 Å². The van der Waals surface area contributed by atoms with Gasteiger partial charge in [0, 0.05) is 12.7 Å². The van der Waals surface area contributed by atoms with E-state index in [9.17, 15) is 13.2 Å². The van der Waals surface area contributed by atoms with Crippen LogP contribution in [0.2, 0.25) is 0 Å². The molecule has 0 radical (unpaired) electrons. The summed E-state index contributed by atoms with van der Waals surface area (Å²) in [4.78, 5) is 12.9. The molecule has 1 amide bonds. The monoisotopic (exact) mass is 525 g/mol. The van der Waals surface area contributed by atoms with E-state index in [4.69, 9.17) is 17.0 Å². The van der Waals surface area contributed by atoms with Crippen LogP contribution in [0.15, 0.2) is 83.8 Å². The van der Waals surface area contributed by atoms with Gasteiger partial charge in [0.15, 0.2) is 5.11 Å². The van der Waals surface area contributed by atoms with Crippen molar-refractivity contribution in [3.8, 4) is 5.75 Å². The van der Waals surface area contributed by atoms with Crippen molar-refractivity contribution in [2.75, 3.05) is 23.3 Å². The molecular weight excluding hydrogens is 494 g/mol. The van der Waals surface area contributed by atoms with Gasteiger partial charge in [0.1, 0.15) is 5.75 Å². The van der Waals surface area contributed by atoms with E-state index in [2.05, 4.69) is 17.6 Å². The molecule has 9 heteroatoms. The van der Waals surface area contributed by atoms with Gasteiger partial charge in [0.25, 0.3) is 15.9 Å². The number of nitrogens with one attached hydrogen (secondary N) is 2. The van der Waals surface area contributed by atoms with Crippen LogP contribution in [0.3, 0.4) is 0 Å². The third kappa shape index (κ3) is 7.29. The minimum atomic E-state index is -3.72. The first-order valence-corrected chi connectivity index (χ1v) is 13.7. The zero-order valence-corrected chi connectivity index (χ0v) is 22.1. The Morgan fingerprint density at radius 3 is 2.28 bits per heavy atom. The van der Waals surface area contributed by atoms with Crippen LogP contribution in [0, 0.1) is 0 Å². The average Bonchev–Trinajstić information content (AvgIpc) is 2.89. The summed E-state index contributed by atoms with van der Waals surface area (Å²) in [6, 6.07) is 22.0. The fraction of sp³-hybridized carbons (Fsp3) is 0.259. The molecule has 0 heterocycles. The van der Waals surface area contributed by atoms with Gasteiger partial charge in [-0.2, -0.15) is 0 Å². The summed E-state index contributed by atoms with van der Waals surface area (Å²) in [6.45, 7) is 2.69. The van der Waals surface area contributed by atoms with Gasteiger partial charge >= 0.3 is 0 Å². The lowest BCUT2D eigenvalue weighted by atomic mass is 10.2. The molecule has 2 N–H and O–H groups in total. The van der Waals surface area contributed by atoms with Gasteiger partial charge < -0.3 is 10.1 Å². The summed E-state index contributed by atoms with van der Waals surface area (Å²) in [5.74, 6) is 0.117. The first kappa shape index (κ1) is 27.2. The molecule has 190 valence electrons. The van der Waals surface area contributed by atoms with Gasteiger partial charge in [-0.1, -0.05) is 56.5 Å². The van der Waals surface area contributed by atoms with Crippen LogP contribution in [0.25, 0.3) is 0 Å². The SMILES string of the molecule is CCCCCCOc1ccccc1C(=O)NC(=S)Nc1ccc(S(=O)(=O)N(C)c2ccccc2)cc1. The molecule has 0 saturated carbocycles. The highest BCUT2D eigenvalue weighted by molar-refractivity contribution is 7.92. The Kier molecular flexibility index (Phi) is 9.84. The van der Waals surface area contributed by atoms with E-state index < -0.39 is 10.0 Å². The number of hydrogen-bond donors (Lipinski definition) is 2. The number of anilines is 2. The molecule has 0 aromatic heterocycles. The van der Waals surface area contributed by atoms with E-state index >= 15 is 0 Å². The molecule has 3 aromatic carbocycles. The zero-order chi connectivity index (χ0) is 26.0. The highest BCUT2D eigenvalue weighted by Crippen LogP contribution is 2.23. The number of amides is 1. The summed E-state index contributed by atoms with van der Waals surface area (Å²) < 4.78 is 32.9. The Bertz CT molecular complexity index is 1260. The predicted octanol–water partition coefficient (Wildman–Crippen LogP) is 5.60. The van der Waals surface area contributed by atoms with Crippen molar-refractivity contribution in [3.63, 3.8) is 0 Å². The number of nitrogens with zero attached hydrogens (tertiary/aromatic N) is 1. The van der Waals surface area contributed by atoms with Crippen molar-refractivity contribution < 1.29 is 17.9 Å². The fourth-order valence-corrected chi connectivity index (χ4v) is 4.87. The maximum Gasteiger partial charge on any atom is 0.264 e. The molecule has 0 fully saturated rings. The van der Waals surface area contributed by atoms with Gasteiger partial charge in [0.2, 0.25) is 0 Å². The van der Waals surface area contributed by atoms with Crippen molar-refractivity contribution in [1.29, 1.82) is 0 Å². The van der Waals surface area contributed by atoms with Crippen molar-refractivity contribution in [1.82, 2.24) is 5.32 Å². The second-order valence-corrected chi connectivity index (χ2v) is 10.5. The van der Waals surface area contributed by atoms with Gasteiger partial charge in [-0.25, -0.2) is 8.42 Å². The molecule has 0 aliphatic carbocycles. The molecule has 3 rings (SSSR count). The van der Waals surface area contributed by atoms with Crippen LogP contribution in [0.5, 0.6) is 5.75 Å². The van der Waals surface area contributed by atoms with Crippen LogP contribution in [0.1, 0.15) is 43.0 Å². The number of unbranched alkanes of at least 4 members (excludes halogenated alkanes) is 3. The van der Waals surface area contributed by atoms with Crippen LogP contribution < -0.4 is 19.7 Å². The van der Waals surface area contributed by atoms with Crippen LogP contribution >= 0.6 is 12.2 Å². The number of thiocarbonyl (C=S) groups is 1. The molecule has 0 saturated heterocycles. The minimum absolute atomic E-state index is 0.0924. The van der Waals surface area contributed by atoms with Crippen molar-refractivity contribution in [2.24, 2.45) is 0 Å². The second kappa shape index (κ2) is 13.0. The standard InChI is InChI=1S/C27H31N3O4S2/c1-3-4-5-11-20-34-25-15-10-9-14-24(25)26(31)29-27(35)28-21-16-18-23(19-17-21)36(32,33)30(2)22-12-7-6-8-13-22/h6-10,12-19H,3-5,11,20H2,1-2H3,(H2,28,29,31,35). The number of sulfonamides is 1. The largest absolute Gasteiger partial charge is 0.493 e. The Labute approximate surface area is 218 Å². The molecule has 7 nitrogen and oxygen atoms in total. The summed E-state index contributed by atoms with van der Waals surface area (Å²) in [5, 5.41) is 5.67. The first-order valence-electron chi connectivity index (χ1n) is 11.8. The minimum Gasteiger partial charge on any atom is -0.493 e. The Morgan fingerprint density at radius 2 is 1.58 bits per heavy atom. The maximum absolute atomic E-state index is 12.9. The Hall–Kier alpha value is -3.43. The third-order valence-corrected chi connectivity index (χ3v) is 7.51. The third-order valence-electron chi connectivity index (χ3n) is 5.50. The number of rotatable bonds is 11. The van der Waals surface area contributed by atoms with Crippen molar-refractivity contribution in [2.45, 2.75) is 37.5 Å². The van der Waals surface area contributed by atoms with E-state index in [1.54, 1.807) is 54.6 Å².